The van der Waals surface area contributed by atoms with Crippen molar-refractivity contribution in [2.24, 2.45) is 5.92 Å². The third-order valence-corrected chi connectivity index (χ3v) is 4.10. The molecular formula is C15H16F5NO. The molecule has 0 aromatic heterocycles. The summed E-state index contributed by atoms with van der Waals surface area (Å²) < 4.78 is 66.1. The lowest BCUT2D eigenvalue weighted by molar-refractivity contribution is -0.121. The fourth-order valence-electron chi connectivity index (χ4n) is 2.75. The third-order valence-electron chi connectivity index (χ3n) is 4.10. The highest BCUT2D eigenvalue weighted by molar-refractivity contribution is 5.79. The molecule has 1 aliphatic carbocycles. The molecule has 0 aliphatic heterocycles. The molecule has 2 nitrogen and oxygen atoms in total. The van der Waals surface area contributed by atoms with Gasteiger partial charge in [-0.15, -0.1) is 0 Å². The summed E-state index contributed by atoms with van der Waals surface area (Å²) in [5, 5.41) is 2.61. The lowest BCUT2D eigenvalue weighted by atomic mass is 9.86. The predicted molar refractivity (Wildman–Crippen MR) is 69.5 cm³/mol. The predicted octanol–water partition coefficient (Wildman–Crippen LogP) is 3.62. The van der Waals surface area contributed by atoms with Crippen LogP contribution in [0.4, 0.5) is 22.0 Å². The van der Waals surface area contributed by atoms with E-state index in [2.05, 4.69) is 5.32 Å². The minimum atomic E-state index is -2.22. The first-order valence-electron chi connectivity index (χ1n) is 7.12. The van der Waals surface area contributed by atoms with E-state index in [1.54, 1.807) is 0 Å². The van der Waals surface area contributed by atoms with E-state index in [4.69, 9.17) is 0 Å². The number of amides is 1. The van der Waals surface area contributed by atoms with E-state index < -0.39 is 47.0 Å². The molecule has 0 spiro atoms. The first-order valence-corrected chi connectivity index (χ1v) is 7.12. The molecule has 1 fully saturated rings. The lowest BCUT2D eigenvalue weighted by Crippen LogP contribution is -2.42. The van der Waals surface area contributed by atoms with Gasteiger partial charge in [0.05, 0.1) is 6.42 Å². The van der Waals surface area contributed by atoms with Crippen molar-refractivity contribution in [3.8, 4) is 0 Å². The summed E-state index contributed by atoms with van der Waals surface area (Å²) in [6, 6.07) is -0.137. The van der Waals surface area contributed by atoms with Gasteiger partial charge in [-0.25, -0.2) is 22.0 Å². The van der Waals surface area contributed by atoms with Crippen molar-refractivity contribution in [2.75, 3.05) is 0 Å². The molecule has 1 saturated carbocycles. The van der Waals surface area contributed by atoms with Gasteiger partial charge >= 0.3 is 0 Å². The van der Waals surface area contributed by atoms with E-state index >= 15 is 0 Å². The summed E-state index contributed by atoms with van der Waals surface area (Å²) in [5.41, 5.74) is -1.10. The Kier molecular flexibility index (Phi) is 5.03. The number of halogens is 5. The van der Waals surface area contributed by atoms with Crippen LogP contribution in [0.5, 0.6) is 0 Å². The number of benzene rings is 1. The second-order valence-electron chi connectivity index (χ2n) is 5.66. The molecule has 2 atom stereocenters. The van der Waals surface area contributed by atoms with Crippen LogP contribution in [0, 0.1) is 35.0 Å². The van der Waals surface area contributed by atoms with Crippen LogP contribution in [0.15, 0.2) is 0 Å². The molecule has 1 amide bonds. The second-order valence-corrected chi connectivity index (χ2v) is 5.66. The Labute approximate surface area is 124 Å². The second kappa shape index (κ2) is 6.62. The molecule has 0 radical (unpaired) electrons. The van der Waals surface area contributed by atoms with Gasteiger partial charge in [-0.05, 0) is 18.8 Å². The van der Waals surface area contributed by atoms with Crippen molar-refractivity contribution in [1.29, 1.82) is 0 Å². The van der Waals surface area contributed by atoms with Gasteiger partial charge in [0.25, 0.3) is 0 Å². The molecule has 1 N–H and O–H groups in total. The maximum atomic E-state index is 13.5. The average molecular weight is 321 g/mol. The Morgan fingerprint density at radius 2 is 1.45 bits per heavy atom. The minimum absolute atomic E-state index is 0.137. The number of hydrogen-bond donors (Lipinski definition) is 1. The topological polar surface area (TPSA) is 29.1 Å². The molecule has 0 saturated heterocycles. The van der Waals surface area contributed by atoms with Crippen LogP contribution in [0.3, 0.4) is 0 Å². The molecule has 1 aliphatic rings. The standard InChI is InChI=1S/C15H16F5NO/c1-7-4-2-3-5-9(7)21-10(22)6-8-11(16)13(18)15(20)14(19)12(8)17/h7,9H,2-6H2,1H3,(H,21,22). The molecular weight excluding hydrogens is 305 g/mol. The van der Waals surface area contributed by atoms with Crippen LogP contribution in [0.2, 0.25) is 0 Å². The van der Waals surface area contributed by atoms with E-state index in [0.29, 0.717) is 0 Å². The van der Waals surface area contributed by atoms with Gasteiger partial charge in [-0.3, -0.25) is 4.79 Å². The van der Waals surface area contributed by atoms with Gasteiger partial charge in [0, 0.05) is 11.6 Å². The highest BCUT2D eigenvalue weighted by Crippen LogP contribution is 2.25. The van der Waals surface area contributed by atoms with Crippen LogP contribution in [0.1, 0.15) is 38.2 Å². The third kappa shape index (κ3) is 3.23. The number of carbonyl (C=O) groups excluding carboxylic acids is 1. The Hall–Kier alpha value is -1.66. The van der Waals surface area contributed by atoms with Crippen molar-refractivity contribution in [1.82, 2.24) is 5.32 Å². The Morgan fingerprint density at radius 1 is 0.955 bits per heavy atom. The normalized spacial score (nSPS) is 21.7. The van der Waals surface area contributed by atoms with Gasteiger partial charge in [0.1, 0.15) is 0 Å². The molecule has 0 heterocycles. The Morgan fingerprint density at radius 3 is 2.00 bits per heavy atom. The van der Waals surface area contributed by atoms with Gasteiger partial charge in [0.15, 0.2) is 23.3 Å². The van der Waals surface area contributed by atoms with E-state index in [0.717, 1.165) is 25.7 Å². The van der Waals surface area contributed by atoms with Crippen molar-refractivity contribution in [2.45, 2.75) is 45.1 Å². The Bertz CT molecular complexity index is 561. The largest absolute Gasteiger partial charge is 0.353 e. The smallest absolute Gasteiger partial charge is 0.224 e. The van der Waals surface area contributed by atoms with Crippen LogP contribution in [-0.4, -0.2) is 11.9 Å². The molecule has 7 heteroatoms. The summed E-state index contributed by atoms with van der Waals surface area (Å²) >= 11 is 0. The number of carbonyl (C=O) groups is 1. The minimum Gasteiger partial charge on any atom is -0.353 e. The maximum absolute atomic E-state index is 13.5. The maximum Gasteiger partial charge on any atom is 0.224 e. The highest BCUT2D eigenvalue weighted by Gasteiger charge is 2.28. The van der Waals surface area contributed by atoms with Crippen molar-refractivity contribution >= 4 is 5.91 Å². The number of nitrogens with one attached hydrogen (secondary N) is 1. The summed E-state index contributed by atoms with van der Waals surface area (Å²) in [5.74, 6) is -10.7. The lowest BCUT2D eigenvalue weighted by Gasteiger charge is -2.29. The molecule has 22 heavy (non-hydrogen) atoms. The monoisotopic (exact) mass is 321 g/mol. The van der Waals surface area contributed by atoms with Crippen molar-refractivity contribution in [3.63, 3.8) is 0 Å². The zero-order valence-corrected chi connectivity index (χ0v) is 12.0. The average Bonchev–Trinajstić information content (AvgIpc) is 2.50. The fraction of sp³-hybridized carbons (Fsp3) is 0.533. The summed E-state index contributed by atoms with van der Waals surface area (Å²) in [7, 11) is 0. The molecule has 122 valence electrons. The first kappa shape index (κ1) is 16.7. The zero-order valence-electron chi connectivity index (χ0n) is 12.0. The highest BCUT2D eigenvalue weighted by atomic mass is 19.2. The van der Waals surface area contributed by atoms with Crippen molar-refractivity contribution < 1.29 is 26.7 Å². The van der Waals surface area contributed by atoms with Crippen LogP contribution in [-0.2, 0) is 11.2 Å². The van der Waals surface area contributed by atoms with Crippen LogP contribution >= 0.6 is 0 Å². The van der Waals surface area contributed by atoms with E-state index in [-0.39, 0.29) is 12.0 Å². The van der Waals surface area contributed by atoms with Gasteiger partial charge < -0.3 is 5.32 Å². The van der Waals surface area contributed by atoms with Gasteiger partial charge in [-0.2, -0.15) is 0 Å². The fourth-order valence-corrected chi connectivity index (χ4v) is 2.75. The number of hydrogen-bond acceptors (Lipinski definition) is 1. The molecule has 2 rings (SSSR count). The summed E-state index contributed by atoms with van der Waals surface area (Å²) in [6.07, 6.45) is 2.76. The van der Waals surface area contributed by atoms with E-state index in [1.807, 2.05) is 6.92 Å². The number of rotatable bonds is 3. The first-order chi connectivity index (χ1) is 10.3. The zero-order chi connectivity index (χ0) is 16.4. The molecule has 1 aromatic carbocycles. The van der Waals surface area contributed by atoms with Crippen LogP contribution in [0.25, 0.3) is 0 Å². The summed E-state index contributed by atoms with van der Waals surface area (Å²) in [4.78, 5) is 11.9. The quantitative estimate of drug-likeness (QED) is 0.514. The van der Waals surface area contributed by atoms with Crippen molar-refractivity contribution in [3.05, 3.63) is 34.6 Å². The van der Waals surface area contributed by atoms with Gasteiger partial charge in [-0.1, -0.05) is 19.8 Å². The van der Waals surface area contributed by atoms with E-state index in [9.17, 15) is 26.7 Å². The SMILES string of the molecule is CC1CCCCC1NC(=O)Cc1c(F)c(F)c(F)c(F)c1F. The molecule has 1 aromatic rings. The van der Waals surface area contributed by atoms with E-state index in [1.165, 1.54) is 0 Å². The van der Waals surface area contributed by atoms with Gasteiger partial charge in [0.2, 0.25) is 11.7 Å². The summed E-state index contributed by atoms with van der Waals surface area (Å²) in [6.45, 7) is 1.95. The molecule has 0 bridgehead atoms. The Balaban J connectivity index is 2.15. The molecule has 2 unspecified atom stereocenters. The van der Waals surface area contributed by atoms with Crippen LogP contribution < -0.4 is 5.32 Å².